The van der Waals surface area contributed by atoms with Crippen molar-refractivity contribution in [1.82, 2.24) is 15.0 Å². The normalized spacial score (nSPS) is 17.2. The molecule has 19 heavy (non-hydrogen) atoms. The van der Waals surface area contributed by atoms with Gasteiger partial charge in [-0.1, -0.05) is 13.0 Å². The summed E-state index contributed by atoms with van der Waals surface area (Å²) >= 11 is 0. The van der Waals surface area contributed by atoms with Gasteiger partial charge in [0, 0.05) is 24.9 Å². The van der Waals surface area contributed by atoms with Gasteiger partial charge in [0.15, 0.2) is 0 Å². The minimum Gasteiger partial charge on any atom is -0.369 e. The van der Waals surface area contributed by atoms with Crippen LogP contribution in [0.4, 0.5) is 5.82 Å². The van der Waals surface area contributed by atoms with Crippen molar-refractivity contribution in [3.05, 3.63) is 47.7 Å². The van der Waals surface area contributed by atoms with E-state index in [4.69, 9.17) is 0 Å². The smallest absolute Gasteiger partial charge is 0.144 e. The highest BCUT2D eigenvalue weighted by Gasteiger charge is 2.26. The lowest BCUT2D eigenvalue weighted by atomic mass is 10.0. The predicted molar refractivity (Wildman–Crippen MR) is 75.2 cm³/mol. The molecule has 0 bridgehead atoms. The van der Waals surface area contributed by atoms with Crippen molar-refractivity contribution < 1.29 is 0 Å². The first-order chi connectivity index (χ1) is 9.38. The molecule has 2 heterocycles. The largest absolute Gasteiger partial charge is 0.369 e. The molecule has 0 saturated heterocycles. The molecule has 0 saturated carbocycles. The lowest BCUT2D eigenvalue weighted by Crippen LogP contribution is -2.07. The van der Waals surface area contributed by atoms with Gasteiger partial charge in [0.1, 0.15) is 5.82 Å². The van der Waals surface area contributed by atoms with Gasteiger partial charge in [-0.2, -0.15) is 0 Å². The van der Waals surface area contributed by atoms with Crippen LogP contribution in [0.1, 0.15) is 42.6 Å². The summed E-state index contributed by atoms with van der Waals surface area (Å²) in [4.78, 5) is 13.5. The molecule has 4 heteroatoms. The molecule has 1 unspecified atom stereocenters. The summed E-state index contributed by atoms with van der Waals surface area (Å²) in [7, 11) is 0. The van der Waals surface area contributed by atoms with E-state index in [-0.39, 0.29) is 0 Å². The third-order valence-corrected chi connectivity index (χ3v) is 3.52. The molecule has 4 nitrogen and oxygen atoms in total. The molecule has 0 aliphatic heterocycles. The fourth-order valence-electron chi connectivity index (χ4n) is 2.59. The summed E-state index contributed by atoms with van der Waals surface area (Å²) in [6, 6.07) is 4.17. The Morgan fingerprint density at radius 2 is 2.32 bits per heavy atom. The third-order valence-electron chi connectivity index (χ3n) is 3.52. The molecule has 0 amide bonds. The predicted octanol–water partition coefficient (Wildman–Crippen LogP) is 2.77. The van der Waals surface area contributed by atoms with Crippen LogP contribution in [0.15, 0.2) is 30.7 Å². The van der Waals surface area contributed by atoms with E-state index in [2.05, 4.69) is 33.3 Å². The molecule has 1 N–H and O–H groups in total. The van der Waals surface area contributed by atoms with Gasteiger partial charge in [0.25, 0.3) is 0 Å². The molecule has 2 aromatic rings. The maximum atomic E-state index is 4.68. The highest BCUT2D eigenvalue weighted by atomic mass is 15.0. The van der Waals surface area contributed by atoms with Gasteiger partial charge in [-0.15, -0.1) is 0 Å². The fraction of sp³-hybridized carbons (Fsp3) is 0.400. The number of aromatic nitrogens is 3. The first-order valence-corrected chi connectivity index (χ1v) is 6.88. The quantitative estimate of drug-likeness (QED) is 0.911. The van der Waals surface area contributed by atoms with E-state index in [9.17, 15) is 0 Å². The maximum absolute atomic E-state index is 4.68. The van der Waals surface area contributed by atoms with E-state index < -0.39 is 0 Å². The van der Waals surface area contributed by atoms with Crippen molar-refractivity contribution in [3.63, 3.8) is 0 Å². The number of nitrogens with zero attached hydrogens (tertiary/aromatic N) is 3. The highest BCUT2D eigenvalue weighted by Crippen LogP contribution is 2.35. The van der Waals surface area contributed by atoms with E-state index in [0.717, 1.165) is 37.3 Å². The Morgan fingerprint density at radius 3 is 3.21 bits per heavy atom. The minimum atomic E-state index is 0.298. The Balaban J connectivity index is 1.87. The molecule has 0 aromatic carbocycles. The topological polar surface area (TPSA) is 50.7 Å². The van der Waals surface area contributed by atoms with Crippen molar-refractivity contribution >= 4 is 5.82 Å². The van der Waals surface area contributed by atoms with Gasteiger partial charge < -0.3 is 5.32 Å². The second-order valence-corrected chi connectivity index (χ2v) is 4.89. The number of aryl methyl sites for hydroxylation is 1. The Hall–Kier alpha value is -1.97. The van der Waals surface area contributed by atoms with E-state index in [1.165, 1.54) is 11.3 Å². The molecule has 3 rings (SSSR count). The van der Waals surface area contributed by atoms with Crippen LogP contribution in [0.25, 0.3) is 0 Å². The van der Waals surface area contributed by atoms with Gasteiger partial charge in [-0.3, -0.25) is 9.97 Å². The summed E-state index contributed by atoms with van der Waals surface area (Å²) in [6.07, 6.45) is 8.77. The zero-order valence-corrected chi connectivity index (χ0v) is 11.1. The molecule has 98 valence electrons. The Kier molecular flexibility index (Phi) is 3.40. The molecule has 1 atom stereocenters. The van der Waals surface area contributed by atoms with Crippen LogP contribution in [-0.2, 0) is 6.42 Å². The number of fused-ring (bicyclic) bond motifs is 1. The summed E-state index contributed by atoms with van der Waals surface area (Å²) in [5.74, 6) is 1.16. The summed E-state index contributed by atoms with van der Waals surface area (Å²) < 4.78 is 0. The van der Waals surface area contributed by atoms with Crippen molar-refractivity contribution in [2.75, 3.05) is 11.9 Å². The van der Waals surface area contributed by atoms with E-state index in [1.807, 2.05) is 18.5 Å². The molecule has 0 radical (unpaired) electrons. The maximum Gasteiger partial charge on any atom is 0.144 e. The SMILES string of the molecule is CCCNc1cncc(C2CCc3cccnc32)n1. The molecule has 2 aromatic heterocycles. The van der Waals surface area contributed by atoms with Crippen molar-refractivity contribution in [3.8, 4) is 0 Å². The lowest BCUT2D eigenvalue weighted by Gasteiger charge is -2.11. The van der Waals surface area contributed by atoms with Crippen LogP contribution in [0.5, 0.6) is 0 Å². The number of hydrogen-bond acceptors (Lipinski definition) is 4. The van der Waals surface area contributed by atoms with Crippen LogP contribution in [0.2, 0.25) is 0 Å². The monoisotopic (exact) mass is 254 g/mol. The average molecular weight is 254 g/mol. The minimum absolute atomic E-state index is 0.298. The van der Waals surface area contributed by atoms with Crippen LogP contribution >= 0.6 is 0 Å². The molecule has 0 fully saturated rings. The first-order valence-electron chi connectivity index (χ1n) is 6.88. The van der Waals surface area contributed by atoms with Gasteiger partial charge in [0.2, 0.25) is 0 Å². The number of pyridine rings is 1. The zero-order chi connectivity index (χ0) is 13.1. The molecule has 1 aliphatic rings. The fourth-order valence-corrected chi connectivity index (χ4v) is 2.59. The van der Waals surface area contributed by atoms with Gasteiger partial charge in [-0.25, -0.2) is 4.98 Å². The van der Waals surface area contributed by atoms with E-state index >= 15 is 0 Å². The van der Waals surface area contributed by atoms with Crippen LogP contribution in [0.3, 0.4) is 0 Å². The second kappa shape index (κ2) is 5.34. The number of nitrogens with one attached hydrogen (secondary N) is 1. The van der Waals surface area contributed by atoms with Crippen LogP contribution in [0, 0.1) is 0 Å². The molecular formula is C15H18N4. The Morgan fingerprint density at radius 1 is 1.37 bits per heavy atom. The average Bonchev–Trinajstić information content (AvgIpc) is 2.89. The van der Waals surface area contributed by atoms with Crippen molar-refractivity contribution in [2.45, 2.75) is 32.1 Å². The lowest BCUT2D eigenvalue weighted by molar-refractivity contribution is 0.740. The van der Waals surface area contributed by atoms with Gasteiger partial charge in [0.05, 0.1) is 17.6 Å². The number of hydrogen-bond donors (Lipinski definition) is 1. The molecule has 0 spiro atoms. The third kappa shape index (κ3) is 2.43. The van der Waals surface area contributed by atoms with Crippen LogP contribution in [-0.4, -0.2) is 21.5 Å². The standard InChI is InChI=1S/C15H18N4/c1-2-7-17-14-10-16-9-13(19-14)12-6-5-11-4-3-8-18-15(11)12/h3-4,8-10,12H,2,5-7H2,1H3,(H,17,19). The van der Waals surface area contributed by atoms with Crippen molar-refractivity contribution in [2.24, 2.45) is 0 Å². The van der Waals surface area contributed by atoms with Crippen LogP contribution < -0.4 is 5.32 Å². The van der Waals surface area contributed by atoms with E-state index in [1.54, 1.807) is 6.20 Å². The highest BCUT2D eigenvalue weighted by molar-refractivity contribution is 5.38. The molecule has 1 aliphatic carbocycles. The number of rotatable bonds is 4. The van der Waals surface area contributed by atoms with Gasteiger partial charge in [-0.05, 0) is 30.9 Å². The molecular weight excluding hydrogens is 236 g/mol. The van der Waals surface area contributed by atoms with Gasteiger partial charge >= 0.3 is 0 Å². The number of anilines is 1. The summed E-state index contributed by atoms with van der Waals surface area (Å²) in [6.45, 7) is 3.07. The Labute approximate surface area is 113 Å². The summed E-state index contributed by atoms with van der Waals surface area (Å²) in [5.41, 5.74) is 3.55. The zero-order valence-electron chi connectivity index (χ0n) is 11.1. The Bertz CT molecular complexity index is 568. The first kappa shape index (κ1) is 12.1. The van der Waals surface area contributed by atoms with E-state index in [0.29, 0.717) is 5.92 Å². The summed E-state index contributed by atoms with van der Waals surface area (Å²) in [5, 5.41) is 3.29. The van der Waals surface area contributed by atoms with Crippen molar-refractivity contribution in [1.29, 1.82) is 0 Å². The second-order valence-electron chi connectivity index (χ2n) is 4.89.